The van der Waals surface area contributed by atoms with Gasteiger partial charge in [-0.1, -0.05) is 0 Å². The molecule has 0 fully saturated rings. The van der Waals surface area contributed by atoms with E-state index in [4.69, 9.17) is 0 Å². The molecule has 4 heteroatoms. The van der Waals surface area contributed by atoms with Gasteiger partial charge in [-0.05, 0) is 36.4 Å². The minimum absolute atomic E-state index is 0.158. The van der Waals surface area contributed by atoms with Crippen LogP contribution in [-0.2, 0) is 7.05 Å². The van der Waals surface area contributed by atoms with E-state index in [2.05, 4.69) is 5.10 Å². The molecule has 0 unspecified atom stereocenters. The molecular weight excluding hydrogens is 219 g/mol. The van der Waals surface area contributed by atoms with Gasteiger partial charge in [0.25, 0.3) is 0 Å². The van der Waals surface area contributed by atoms with Gasteiger partial charge < -0.3 is 0 Å². The van der Waals surface area contributed by atoms with Gasteiger partial charge in [-0.15, -0.1) is 0 Å². The highest BCUT2D eigenvalue weighted by Gasteiger charge is 2.01. The summed E-state index contributed by atoms with van der Waals surface area (Å²) in [5, 5.41) is 3.98. The monoisotopic (exact) mass is 230 g/mol. The van der Waals surface area contributed by atoms with Crippen LogP contribution in [0.15, 0.2) is 42.7 Å². The van der Waals surface area contributed by atoms with Crippen molar-refractivity contribution in [3.63, 3.8) is 0 Å². The molecule has 0 spiro atoms. The van der Waals surface area contributed by atoms with Crippen LogP contribution in [0.2, 0.25) is 0 Å². The highest BCUT2D eigenvalue weighted by molar-refractivity contribution is 6.06. The van der Waals surface area contributed by atoms with Gasteiger partial charge in [-0.25, -0.2) is 4.39 Å². The average Bonchev–Trinajstić information content (AvgIpc) is 2.73. The number of aromatic nitrogens is 2. The number of carbonyl (C=O) groups is 1. The SMILES string of the molecule is Cn1cc(/C=C/C(=O)c2ccc(F)cc2)cn1. The molecule has 1 heterocycles. The smallest absolute Gasteiger partial charge is 0.185 e. The van der Waals surface area contributed by atoms with Crippen molar-refractivity contribution < 1.29 is 9.18 Å². The van der Waals surface area contributed by atoms with E-state index in [0.29, 0.717) is 5.56 Å². The van der Waals surface area contributed by atoms with Gasteiger partial charge in [-0.2, -0.15) is 5.10 Å². The lowest BCUT2D eigenvalue weighted by Gasteiger charge is -1.94. The van der Waals surface area contributed by atoms with Crippen LogP contribution in [0.4, 0.5) is 4.39 Å². The molecule has 0 atom stereocenters. The third kappa shape index (κ3) is 2.87. The first-order valence-corrected chi connectivity index (χ1v) is 5.12. The van der Waals surface area contributed by atoms with Crippen LogP contribution in [0, 0.1) is 5.82 Å². The van der Waals surface area contributed by atoms with Crippen LogP contribution in [0.5, 0.6) is 0 Å². The van der Waals surface area contributed by atoms with Gasteiger partial charge in [0, 0.05) is 24.4 Å². The number of aryl methyl sites for hydroxylation is 1. The molecule has 2 aromatic rings. The molecule has 1 aromatic heterocycles. The molecule has 0 aliphatic heterocycles. The molecular formula is C13H11FN2O. The number of rotatable bonds is 3. The zero-order chi connectivity index (χ0) is 12.3. The summed E-state index contributed by atoms with van der Waals surface area (Å²) in [4.78, 5) is 11.7. The van der Waals surface area contributed by atoms with Crippen molar-refractivity contribution in [1.29, 1.82) is 0 Å². The maximum absolute atomic E-state index is 12.7. The van der Waals surface area contributed by atoms with Crippen LogP contribution in [0.3, 0.4) is 0 Å². The molecule has 86 valence electrons. The van der Waals surface area contributed by atoms with E-state index in [-0.39, 0.29) is 11.6 Å². The quantitative estimate of drug-likeness (QED) is 0.599. The Morgan fingerprint density at radius 1 is 1.35 bits per heavy atom. The lowest BCUT2D eigenvalue weighted by Crippen LogP contribution is -1.93. The standard InChI is InChI=1S/C13H11FN2O/c1-16-9-10(8-15-16)2-7-13(17)11-3-5-12(14)6-4-11/h2-9H,1H3/b7-2+. The van der Waals surface area contributed by atoms with Gasteiger partial charge in [0.15, 0.2) is 5.78 Å². The Balaban J connectivity index is 2.11. The number of carbonyl (C=O) groups excluding carboxylic acids is 1. The van der Waals surface area contributed by atoms with Crippen molar-refractivity contribution >= 4 is 11.9 Å². The zero-order valence-corrected chi connectivity index (χ0v) is 9.30. The van der Waals surface area contributed by atoms with Crippen LogP contribution in [0.1, 0.15) is 15.9 Å². The Morgan fingerprint density at radius 3 is 2.65 bits per heavy atom. The molecule has 0 N–H and O–H groups in total. The largest absolute Gasteiger partial charge is 0.289 e. The van der Waals surface area contributed by atoms with Crippen molar-refractivity contribution in [3.05, 3.63) is 59.7 Å². The minimum Gasteiger partial charge on any atom is -0.289 e. The van der Waals surface area contributed by atoms with E-state index in [1.165, 1.54) is 30.3 Å². The first kappa shape index (κ1) is 11.3. The van der Waals surface area contributed by atoms with Crippen molar-refractivity contribution in [2.75, 3.05) is 0 Å². The number of halogens is 1. The van der Waals surface area contributed by atoms with E-state index in [1.807, 2.05) is 0 Å². The number of nitrogens with zero attached hydrogens (tertiary/aromatic N) is 2. The fourth-order valence-corrected chi connectivity index (χ4v) is 1.41. The molecule has 3 nitrogen and oxygen atoms in total. The summed E-state index contributed by atoms with van der Waals surface area (Å²) < 4.78 is 14.3. The molecule has 0 saturated carbocycles. The van der Waals surface area contributed by atoms with Crippen molar-refractivity contribution in [2.45, 2.75) is 0 Å². The van der Waals surface area contributed by atoms with Gasteiger partial charge >= 0.3 is 0 Å². The van der Waals surface area contributed by atoms with Gasteiger partial charge in [0.1, 0.15) is 5.82 Å². The highest BCUT2D eigenvalue weighted by atomic mass is 19.1. The normalized spacial score (nSPS) is 10.9. The van der Waals surface area contributed by atoms with E-state index >= 15 is 0 Å². The molecule has 2 rings (SSSR count). The fourth-order valence-electron chi connectivity index (χ4n) is 1.41. The van der Waals surface area contributed by atoms with E-state index < -0.39 is 0 Å². The Hall–Kier alpha value is -2.23. The molecule has 0 bridgehead atoms. The van der Waals surface area contributed by atoms with Crippen molar-refractivity contribution in [2.24, 2.45) is 7.05 Å². The number of ketones is 1. The molecule has 1 aromatic carbocycles. The maximum Gasteiger partial charge on any atom is 0.185 e. The summed E-state index contributed by atoms with van der Waals surface area (Å²) in [5.41, 5.74) is 1.31. The fraction of sp³-hybridized carbons (Fsp3) is 0.0769. The van der Waals surface area contributed by atoms with E-state index in [1.54, 1.807) is 30.2 Å². The number of hydrogen-bond donors (Lipinski definition) is 0. The lowest BCUT2D eigenvalue weighted by atomic mass is 10.1. The molecule has 0 saturated heterocycles. The summed E-state index contributed by atoms with van der Waals surface area (Å²) >= 11 is 0. The third-order valence-corrected chi connectivity index (χ3v) is 2.28. The summed E-state index contributed by atoms with van der Waals surface area (Å²) in [6.07, 6.45) is 6.59. The number of allylic oxidation sites excluding steroid dienone is 1. The summed E-state index contributed by atoms with van der Waals surface area (Å²) in [6.45, 7) is 0. The third-order valence-electron chi connectivity index (χ3n) is 2.28. The van der Waals surface area contributed by atoms with Gasteiger partial charge in [0.05, 0.1) is 6.20 Å². The van der Waals surface area contributed by atoms with E-state index in [9.17, 15) is 9.18 Å². The minimum atomic E-state index is -0.349. The zero-order valence-electron chi connectivity index (χ0n) is 9.30. The predicted octanol–water partition coefficient (Wildman–Crippen LogP) is 2.46. The van der Waals surface area contributed by atoms with E-state index in [0.717, 1.165) is 5.56 Å². The van der Waals surface area contributed by atoms with Gasteiger partial charge in [0.2, 0.25) is 0 Å². The van der Waals surface area contributed by atoms with Crippen molar-refractivity contribution in [1.82, 2.24) is 9.78 Å². The number of hydrogen-bond acceptors (Lipinski definition) is 2. The highest BCUT2D eigenvalue weighted by Crippen LogP contribution is 2.06. The maximum atomic E-state index is 12.7. The first-order chi connectivity index (χ1) is 8.15. The molecule has 17 heavy (non-hydrogen) atoms. The van der Waals surface area contributed by atoms with Crippen LogP contribution in [0.25, 0.3) is 6.08 Å². The van der Waals surface area contributed by atoms with Gasteiger partial charge in [-0.3, -0.25) is 9.48 Å². The lowest BCUT2D eigenvalue weighted by molar-refractivity contribution is 0.104. The summed E-state index contributed by atoms with van der Waals surface area (Å²) in [6, 6.07) is 5.47. The summed E-state index contributed by atoms with van der Waals surface area (Å²) in [7, 11) is 1.80. The molecule has 0 aliphatic rings. The Morgan fingerprint density at radius 2 is 2.06 bits per heavy atom. The average molecular weight is 230 g/mol. The Labute approximate surface area is 98.2 Å². The number of benzene rings is 1. The Bertz CT molecular complexity index is 555. The second-order valence-corrected chi connectivity index (χ2v) is 3.65. The summed E-state index contributed by atoms with van der Waals surface area (Å²) in [5.74, 6) is -0.508. The van der Waals surface area contributed by atoms with Crippen LogP contribution >= 0.6 is 0 Å². The molecule has 0 radical (unpaired) electrons. The Kier molecular flexibility index (Phi) is 3.14. The second kappa shape index (κ2) is 4.74. The van der Waals surface area contributed by atoms with Crippen LogP contribution < -0.4 is 0 Å². The second-order valence-electron chi connectivity index (χ2n) is 3.65. The first-order valence-electron chi connectivity index (χ1n) is 5.12. The van der Waals surface area contributed by atoms with Crippen molar-refractivity contribution in [3.8, 4) is 0 Å². The molecule has 0 amide bonds. The molecule has 0 aliphatic carbocycles. The predicted molar refractivity (Wildman–Crippen MR) is 63.0 cm³/mol. The topological polar surface area (TPSA) is 34.9 Å². The van der Waals surface area contributed by atoms with Crippen LogP contribution in [-0.4, -0.2) is 15.6 Å².